The summed E-state index contributed by atoms with van der Waals surface area (Å²) in [6.07, 6.45) is -0.997. The molecule has 5 heteroatoms. The van der Waals surface area contributed by atoms with E-state index in [0.717, 1.165) is 16.7 Å². The van der Waals surface area contributed by atoms with Gasteiger partial charge in [0.2, 0.25) is 0 Å². The van der Waals surface area contributed by atoms with Crippen LogP contribution in [0.1, 0.15) is 18.1 Å². The molecule has 0 saturated heterocycles. The number of hydrogen-bond acceptors (Lipinski definition) is 5. The number of aryl methyl sites for hydroxylation is 2. The summed E-state index contributed by atoms with van der Waals surface area (Å²) in [6, 6.07) is 15.8. The summed E-state index contributed by atoms with van der Waals surface area (Å²) in [7, 11) is 0. The van der Waals surface area contributed by atoms with E-state index < -0.39 is 6.29 Å². The lowest BCUT2D eigenvalue weighted by atomic mass is 10.1. The van der Waals surface area contributed by atoms with Crippen molar-refractivity contribution in [2.75, 3.05) is 0 Å². The molecule has 122 valence electrons. The number of nitrogens with zero attached hydrogens (tertiary/aromatic N) is 3. The maximum Gasteiger partial charge on any atom is 0.322 e. The Balaban J connectivity index is 2.14. The Kier molecular flexibility index (Phi) is 4.53. The van der Waals surface area contributed by atoms with Crippen molar-refractivity contribution in [3.63, 3.8) is 0 Å². The second-order valence-electron chi connectivity index (χ2n) is 5.67. The van der Waals surface area contributed by atoms with E-state index in [4.69, 9.17) is 4.74 Å². The van der Waals surface area contributed by atoms with Crippen LogP contribution in [0.4, 0.5) is 0 Å². The van der Waals surface area contributed by atoms with Gasteiger partial charge in [-0.15, -0.1) is 0 Å². The zero-order chi connectivity index (χ0) is 17.1. The lowest BCUT2D eigenvalue weighted by molar-refractivity contribution is -0.00729. The molecule has 2 aromatic carbocycles. The molecule has 5 nitrogen and oxygen atoms in total. The molecule has 24 heavy (non-hydrogen) atoms. The predicted molar refractivity (Wildman–Crippen MR) is 92.5 cm³/mol. The third-order valence-electron chi connectivity index (χ3n) is 3.55. The first-order valence-electron chi connectivity index (χ1n) is 7.77. The summed E-state index contributed by atoms with van der Waals surface area (Å²) in [5.41, 5.74) is 4.02. The minimum Gasteiger partial charge on any atom is -0.434 e. The van der Waals surface area contributed by atoms with Gasteiger partial charge in [-0.25, -0.2) is 4.98 Å². The van der Waals surface area contributed by atoms with Crippen molar-refractivity contribution in [1.82, 2.24) is 15.0 Å². The Morgan fingerprint density at radius 2 is 1.62 bits per heavy atom. The second kappa shape index (κ2) is 6.76. The molecule has 1 N–H and O–H groups in total. The molecule has 1 heterocycles. The smallest absolute Gasteiger partial charge is 0.322 e. The molecule has 1 unspecified atom stereocenters. The van der Waals surface area contributed by atoms with Gasteiger partial charge in [0.15, 0.2) is 17.9 Å². The fourth-order valence-corrected chi connectivity index (χ4v) is 2.46. The van der Waals surface area contributed by atoms with Crippen LogP contribution in [0.2, 0.25) is 0 Å². The van der Waals surface area contributed by atoms with E-state index in [0.29, 0.717) is 11.6 Å². The van der Waals surface area contributed by atoms with Gasteiger partial charge in [0, 0.05) is 11.1 Å². The fraction of sp³-hybridized carbons (Fsp3) is 0.211. The van der Waals surface area contributed by atoms with Gasteiger partial charge in [0.05, 0.1) is 0 Å². The van der Waals surface area contributed by atoms with Crippen LogP contribution >= 0.6 is 0 Å². The molecular weight excluding hydrogens is 302 g/mol. The average molecular weight is 321 g/mol. The van der Waals surface area contributed by atoms with E-state index in [2.05, 4.69) is 21.0 Å². The molecule has 0 radical (unpaired) electrons. The van der Waals surface area contributed by atoms with Crippen LogP contribution in [-0.4, -0.2) is 26.3 Å². The standard InChI is InChI=1S/C19H19N3O2/c1-12-9-10-16(13(2)11-12)18-20-17(15-7-5-4-6-8-15)21-19(22-18)24-14(3)23/h4-11,14,23H,1-3H3. The summed E-state index contributed by atoms with van der Waals surface area (Å²) in [5.74, 6) is 1.04. The normalized spacial score (nSPS) is 12.0. The van der Waals surface area contributed by atoms with Gasteiger partial charge >= 0.3 is 6.01 Å². The third kappa shape index (κ3) is 3.58. The molecule has 0 aliphatic heterocycles. The van der Waals surface area contributed by atoms with Gasteiger partial charge in [-0.05, 0) is 26.3 Å². The molecule has 0 bridgehead atoms. The Hall–Kier alpha value is -2.79. The van der Waals surface area contributed by atoms with Gasteiger partial charge in [-0.3, -0.25) is 0 Å². The van der Waals surface area contributed by atoms with Crippen LogP contribution in [0.3, 0.4) is 0 Å². The van der Waals surface area contributed by atoms with Crippen molar-refractivity contribution in [1.29, 1.82) is 0 Å². The first-order chi connectivity index (χ1) is 11.5. The monoisotopic (exact) mass is 321 g/mol. The zero-order valence-electron chi connectivity index (χ0n) is 13.9. The number of ether oxygens (including phenoxy) is 1. The molecular formula is C19H19N3O2. The van der Waals surface area contributed by atoms with Crippen molar-refractivity contribution in [3.8, 4) is 28.8 Å². The Morgan fingerprint density at radius 3 is 2.29 bits per heavy atom. The van der Waals surface area contributed by atoms with Gasteiger partial charge in [-0.2, -0.15) is 9.97 Å². The Labute approximate surface area is 141 Å². The molecule has 0 saturated carbocycles. The summed E-state index contributed by atoms with van der Waals surface area (Å²) in [6.45, 7) is 5.58. The lowest BCUT2D eigenvalue weighted by Crippen LogP contribution is -2.13. The number of aromatic nitrogens is 3. The van der Waals surface area contributed by atoms with E-state index in [-0.39, 0.29) is 6.01 Å². The van der Waals surface area contributed by atoms with Crippen molar-refractivity contribution in [2.24, 2.45) is 0 Å². The van der Waals surface area contributed by atoms with Crippen LogP contribution in [0.25, 0.3) is 22.8 Å². The largest absolute Gasteiger partial charge is 0.434 e. The highest BCUT2D eigenvalue weighted by molar-refractivity contribution is 5.64. The second-order valence-corrected chi connectivity index (χ2v) is 5.67. The van der Waals surface area contributed by atoms with Gasteiger partial charge in [0.25, 0.3) is 0 Å². The van der Waals surface area contributed by atoms with Crippen molar-refractivity contribution in [2.45, 2.75) is 27.1 Å². The van der Waals surface area contributed by atoms with E-state index in [9.17, 15) is 5.11 Å². The summed E-state index contributed by atoms with van der Waals surface area (Å²) >= 11 is 0. The van der Waals surface area contributed by atoms with Gasteiger partial charge in [-0.1, -0.05) is 54.1 Å². The van der Waals surface area contributed by atoms with Crippen molar-refractivity contribution in [3.05, 3.63) is 59.7 Å². The maximum absolute atomic E-state index is 9.50. The van der Waals surface area contributed by atoms with Crippen LogP contribution in [-0.2, 0) is 0 Å². The molecule has 0 spiro atoms. The summed E-state index contributed by atoms with van der Waals surface area (Å²) in [5, 5.41) is 9.50. The van der Waals surface area contributed by atoms with Crippen LogP contribution in [0.15, 0.2) is 48.5 Å². The minimum absolute atomic E-state index is 0.105. The van der Waals surface area contributed by atoms with E-state index in [1.165, 1.54) is 12.5 Å². The maximum atomic E-state index is 9.50. The molecule has 0 aliphatic rings. The molecule has 1 atom stereocenters. The molecule has 0 aliphatic carbocycles. The summed E-state index contributed by atoms with van der Waals surface area (Å²) < 4.78 is 5.30. The van der Waals surface area contributed by atoms with Crippen molar-refractivity contribution >= 4 is 0 Å². The number of hydrogen-bond donors (Lipinski definition) is 1. The number of aliphatic hydroxyl groups is 1. The topological polar surface area (TPSA) is 68.1 Å². The van der Waals surface area contributed by atoms with E-state index in [1.807, 2.05) is 56.3 Å². The fourth-order valence-electron chi connectivity index (χ4n) is 2.46. The first-order valence-corrected chi connectivity index (χ1v) is 7.77. The highest BCUT2D eigenvalue weighted by Gasteiger charge is 2.14. The molecule has 0 amide bonds. The quantitative estimate of drug-likeness (QED) is 0.744. The van der Waals surface area contributed by atoms with Crippen LogP contribution in [0.5, 0.6) is 6.01 Å². The highest BCUT2D eigenvalue weighted by Crippen LogP contribution is 2.25. The lowest BCUT2D eigenvalue weighted by Gasteiger charge is -2.11. The van der Waals surface area contributed by atoms with Crippen molar-refractivity contribution < 1.29 is 9.84 Å². The zero-order valence-corrected chi connectivity index (χ0v) is 13.9. The van der Waals surface area contributed by atoms with Gasteiger partial charge < -0.3 is 9.84 Å². The Morgan fingerprint density at radius 1 is 0.917 bits per heavy atom. The Bertz CT molecular complexity index is 848. The SMILES string of the molecule is Cc1ccc(-c2nc(OC(C)O)nc(-c3ccccc3)n2)c(C)c1. The molecule has 1 aromatic heterocycles. The molecule has 3 rings (SSSR count). The molecule has 3 aromatic rings. The van der Waals surface area contributed by atoms with Crippen LogP contribution < -0.4 is 4.74 Å². The van der Waals surface area contributed by atoms with Crippen LogP contribution in [0, 0.1) is 13.8 Å². The first kappa shape index (κ1) is 16.1. The number of aliphatic hydroxyl groups excluding tert-OH is 1. The third-order valence-corrected chi connectivity index (χ3v) is 3.55. The van der Waals surface area contributed by atoms with E-state index >= 15 is 0 Å². The van der Waals surface area contributed by atoms with Gasteiger partial charge in [0.1, 0.15) is 0 Å². The molecule has 0 fully saturated rings. The average Bonchev–Trinajstić information content (AvgIpc) is 2.54. The highest BCUT2D eigenvalue weighted by atomic mass is 16.6. The summed E-state index contributed by atoms with van der Waals surface area (Å²) in [4.78, 5) is 13.3. The number of rotatable bonds is 4. The van der Waals surface area contributed by atoms with E-state index in [1.54, 1.807) is 0 Å². The predicted octanol–water partition coefficient (Wildman–Crippen LogP) is 3.54. The minimum atomic E-state index is -0.997. The number of benzene rings is 2.